The predicted molar refractivity (Wildman–Crippen MR) is 92.6 cm³/mol. The summed E-state index contributed by atoms with van der Waals surface area (Å²) in [5.41, 5.74) is 2.84. The standard InChI is InChI=1S/C18H26N2O.ClH/c1-13-11-16(9-10-19-13)20-18(21)12-15-7-4-6-14-5-2-3-8-17(14)15;/h2-3,5,8,13,15-16,19H,4,6-7,9-12H2,1H3,(H,20,21);1H. The van der Waals surface area contributed by atoms with Gasteiger partial charge in [0.05, 0.1) is 0 Å². The van der Waals surface area contributed by atoms with Crippen LogP contribution in [0.1, 0.15) is 56.1 Å². The molecule has 1 heterocycles. The van der Waals surface area contributed by atoms with Crippen molar-refractivity contribution in [3.63, 3.8) is 0 Å². The van der Waals surface area contributed by atoms with Gasteiger partial charge in [0.1, 0.15) is 0 Å². The monoisotopic (exact) mass is 322 g/mol. The number of aryl methyl sites for hydroxylation is 1. The number of hydrogen-bond acceptors (Lipinski definition) is 2. The zero-order chi connectivity index (χ0) is 14.7. The van der Waals surface area contributed by atoms with Crippen molar-refractivity contribution in [3.8, 4) is 0 Å². The van der Waals surface area contributed by atoms with Crippen LogP contribution in [0.3, 0.4) is 0 Å². The van der Waals surface area contributed by atoms with Crippen LogP contribution in [0.4, 0.5) is 0 Å². The molecule has 4 heteroatoms. The minimum atomic E-state index is 0. The van der Waals surface area contributed by atoms with Crippen LogP contribution in [0.2, 0.25) is 0 Å². The Hall–Kier alpha value is -1.06. The van der Waals surface area contributed by atoms with Gasteiger partial charge in [0.15, 0.2) is 0 Å². The molecule has 122 valence electrons. The van der Waals surface area contributed by atoms with Gasteiger partial charge < -0.3 is 10.6 Å². The molecule has 0 bridgehead atoms. The van der Waals surface area contributed by atoms with Gasteiger partial charge in [-0.2, -0.15) is 0 Å². The van der Waals surface area contributed by atoms with Crippen molar-refractivity contribution in [3.05, 3.63) is 35.4 Å². The van der Waals surface area contributed by atoms with Crippen molar-refractivity contribution in [2.24, 2.45) is 0 Å². The summed E-state index contributed by atoms with van der Waals surface area (Å²) in [5, 5.41) is 6.68. The second kappa shape index (κ2) is 7.98. The minimum absolute atomic E-state index is 0. The Bertz CT molecular complexity index is 506. The van der Waals surface area contributed by atoms with E-state index in [9.17, 15) is 4.79 Å². The van der Waals surface area contributed by atoms with E-state index >= 15 is 0 Å². The Morgan fingerprint density at radius 2 is 2.14 bits per heavy atom. The zero-order valence-corrected chi connectivity index (χ0v) is 14.1. The van der Waals surface area contributed by atoms with Crippen molar-refractivity contribution >= 4 is 18.3 Å². The van der Waals surface area contributed by atoms with Gasteiger partial charge in [-0.1, -0.05) is 24.3 Å². The van der Waals surface area contributed by atoms with Crippen LogP contribution >= 0.6 is 12.4 Å². The normalized spacial score (nSPS) is 27.4. The molecule has 0 aromatic heterocycles. The summed E-state index contributed by atoms with van der Waals surface area (Å²) in [6.07, 6.45) is 6.27. The van der Waals surface area contributed by atoms with E-state index in [2.05, 4.69) is 41.8 Å². The lowest BCUT2D eigenvalue weighted by Crippen LogP contribution is -2.46. The molecule has 2 aliphatic rings. The molecule has 0 spiro atoms. The summed E-state index contributed by atoms with van der Waals surface area (Å²) < 4.78 is 0. The predicted octanol–water partition coefficient (Wildman–Crippen LogP) is 3.18. The van der Waals surface area contributed by atoms with Gasteiger partial charge in [0.2, 0.25) is 5.91 Å². The molecule has 2 N–H and O–H groups in total. The van der Waals surface area contributed by atoms with E-state index in [-0.39, 0.29) is 18.3 Å². The van der Waals surface area contributed by atoms with Crippen molar-refractivity contribution in [1.82, 2.24) is 10.6 Å². The minimum Gasteiger partial charge on any atom is -0.353 e. The molecule has 1 aliphatic carbocycles. The highest BCUT2D eigenvalue weighted by molar-refractivity contribution is 5.85. The molecule has 3 rings (SSSR count). The number of benzene rings is 1. The summed E-state index contributed by atoms with van der Waals surface area (Å²) in [5.74, 6) is 0.643. The summed E-state index contributed by atoms with van der Waals surface area (Å²) in [7, 11) is 0. The van der Waals surface area contributed by atoms with E-state index in [1.807, 2.05) is 0 Å². The Kier molecular flexibility index (Phi) is 6.27. The average Bonchev–Trinajstić information content (AvgIpc) is 2.47. The van der Waals surface area contributed by atoms with Gasteiger partial charge >= 0.3 is 0 Å². The van der Waals surface area contributed by atoms with E-state index < -0.39 is 0 Å². The first-order chi connectivity index (χ1) is 10.2. The first-order valence-corrected chi connectivity index (χ1v) is 8.33. The van der Waals surface area contributed by atoms with E-state index in [0.717, 1.165) is 25.8 Å². The maximum atomic E-state index is 12.4. The lowest BCUT2D eigenvalue weighted by Gasteiger charge is -2.30. The molecule has 1 saturated heterocycles. The number of hydrogen-bond donors (Lipinski definition) is 2. The Balaban J connectivity index is 0.00000176. The van der Waals surface area contributed by atoms with Crippen molar-refractivity contribution in [2.45, 2.75) is 63.5 Å². The number of amides is 1. The number of carbonyl (C=O) groups is 1. The van der Waals surface area contributed by atoms with Gasteiger partial charge in [0.25, 0.3) is 0 Å². The fraction of sp³-hybridized carbons (Fsp3) is 0.611. The van der Waals surface area contributed by atoms with Crippen molar-refractivity contribution < 1.29 is 4.79 Å². The van der Waals surface area contributed by atoms with Crippen LogP contribution in [0.5, 0.6) is 0 Å². The first-order valence-electron chi connectivity index (χ1n) is 8.33. The van der Waals surface area contributed by atoms with E-state index in [1.54, 1.807) is 0 Å². The number of nitrogens with one attached hydrogen (secondary N) is 2. The van der Waals surface area contributed by atoms with Crippen LogP contribution in [-0.2, 0) is 11.2 Å². The molecule has 22 heavy (non-hydrogen) atoms. The smallest absolute Gasteiger partial charge is 0.220 e. The zero-order valence-electron chi connectivity index (χ0n) is 13.3. The molecule has 1 aromatic carbocycles. The van der Waals surface area contributed by atoms with Crippen LogP contribution in [0, 0.1) is 0 Å². The average molecular weight is 323 g/mol. The highest BCUT2D eigenvalue weighted by Crippen LogP contribution is 2.33. The van der Waals surface area contributed by atoms with E-state index in [1.165, 1.54) is 24.0 Å². The van der Waals surface area contributed by atoms with Crippen LogP contribution in [-0.4, -0.2) is 24.5 Å². The lowest BCUT2D eigenvalue weighted by molar-refractivity contribution is -0.122. The molecule has 0 radical (unpaired) electrons. The first kappa shape index (κ1) is 17.3. The van der Waals surface area contributed by atoms with Gasteiger partial charge in [-0.25, -0.2) is 0 Å². The van der Waals surface area contributed by atoms with Gasteiger partial charge in [-0.15, -0.1) is 12.4 Å². The number of carbonyl (C=O) groups excluding carboxylic acids is 1. The van der Waals surface area contributed by atoms with Crippen molar-refractivity contribution in [2.75, 3.05) is 6.54 Å². The third kappa shape index (κ3) is 4.23. The number of rotatable bonds is 3. The quantitative estimate of drug-likeness (QED) is 0.897. The second-order valence-corrected chi connectivity index (χ2v) is 6.64. The molecular formula is C18H27ClN2O. The van der Waals surface area contributed by atoms with Gasteiger partial charge in [-0.3, -0.25) is 4.79 Å². The Morgan fingerprint density at radius 1 is 1.32 bits per heavy atom. The summed E-state index contributed by atoms with van der Waals surface area (Å²) in [6.45, 7) is 3.20. The fourth-order valence-electron chi connectivity index (χ4n) is 3.84. The van der Waals surface area contributed by atoms with E-state index in [4.69, 9.17) is 0 Å². The largest absolute Gasteiger partial charge is 0.353 e. The molecular weight excluding hydrogens is 296 g/mol. The van der Waals surface area contributed by atoms with Crippen LogP contribution in [0.15, 0.2) is 24.3 Å². The second-order valence-electron chi connectivity index (χ2n) is 6.64. The summed E-state index contributed by atoms with van der Waals surface area (Å²) in [6, 6.07) is 9.50. The number of halogens is 1. The molecule has 0 saturated carbocycles. The van der Waals surface area contributed by atoms with Gasteiger partial charge in [-0.05, 0) is 62.6 Å². The molecule has 3 nitrogen and oxygen atoms in total. The summed E-state index contributed by atoms with van der Waals surface area (Å²) >= 11 is 0. The fourth-order valence-corrected chi connectivity index (χ4v) is 3.84. The van der Waals surface area contributed by atoms with E-state index in [0.29, 0.717) is 24.4 Å². The molecule has 1 fully saturated rings. The molecule has 1 aromatic rings. The number of fused-ring (bicyclic) bond motifs is 1. The lowest BCUT2D eigenvalue weighted by atomic mass is 9.81. The Labute approximate surface area is 139 Å². The highest BCUT2D eigenvalue weighted by atomic mass is 35.5. The third-order valence-corrected chi connectivity index (χ3v) is 4.91. The maximum Gasteiger partial charge on any atom is 0.220 e. The van der Waals surface area contributed by atoms with Crippen LogP contribution in [0.25, 0.3) is 0 Å². The molecule has 3 unspecified atom stereocenters. The summed E-state index contributed by atoms with van der Waals surface area (Å²) in [4.78, 5) is 12.4. The molecule has 1 aliphatic heterocycles. The SMILES string of the molecule is CC1CC(NC(=O)CC2CCCc3ccccc32)CCN1.Cl. The Morgan fingerprint density at radius 3 is 2.95 bits per heavy atom. The highest BCUT2D eigenvalue weighted by Gasteiger charge is 2.24. The molecule has 3 atom stereocenters. The molecule has 1 amide bonds. The van der Waals surface area contributed by atoms with Gasteiger partial charge in [0, 0.05) is 18.5 Å². The topological polar surface area (TPSA) is 41.1 Å². The number of piperidine rings is 1. The maximum absolute atomic E-state index is 12.4. The van der Waals surface area contributed by atoms with Crippen LogP contribution < -0.4 is 10.6 Å². The third-order valence-electron chi connectivity index (χ3n) is 4.91. The van der Waals surface area contributed by atoms with Crippen molar-refractivity contribution in [1.29, 1.82) is 0 Å².